The number of hydrogen-bond acceptors (Lipinski definition) is 4. The number of thiazole rings is 1. The lowest BCUT2D eigenvalue weighted by atomic mass is 9.94. The van der Waals surface area contributed by atoms with Crippen LogP contribution in [0.25, 0.3) is 10.2 Å². The van der Waals surface area contributed by atoms with Crippen molar-refractivity contribution in [3.63, 3.8) is 0 Å². The van der Waals surface area contributed by atoms with Crippen molar-refractivity contribution in [2.24, 2.45) is 0 Å². The van der Waals surface area contributed by atoms with Gasteiger partial charge in [0, 0.05) is 18.3 Å². The molecule has 19 heavy (non-hydrogen) atoms. The first kappa shape index (κ1) is 12.9. The number of nitrogens with one attached hydrogen (secondary N) is 1. The number of ether oxygens (including phenoxy) is 1. The van der Waals surface area contributed by atoms with Crippen molar-refractivity contribution in [3.8, 4) is 0 Å². The predicted molar refractivity (Wildman–Crippen MR) is 81.0 cm³/mol. The predicted octanol–water partition coefficient (Wildman–Crippen LogP) is 3.97. The van der Waals surface area contributed by atoms with Crippen LogP contribution >= 0.6 is 11.3 Å². The fraction of sp³-hybridized carbons (Fsp3) is 0.533. The van der Waals surface area contributed by atoms with Crippen LogP contribution in [0.2, 0.25) is 0 Å². The molecular formula is C15H20N2OS. The minimum absolute atomic E-state index is 0.0128. The van der Waals surface area contributed by atoms with E-state index >= 15 is 0 Å². The van der Waals surface area contributed by atoms with E-state index < -0.39 is 0 Å². The normalized spacial score (nSPS) is 22.6. The van der Waals surface area contributed by atoms with Gasteiger partial charge in [0.05, 0.1) is 20.8 Å². The van der Waals surface area contributed by atoms with E-state index in [4.69, 9.17) is 4.74 Å². The molecule has 1 aliphatic rings. The smallest absolute Gasteiger partial charge is 0.0907 e. The molecule has 1 aliphatic heterocycles. The monoisotopic (exact) mass is 276 g/mol. The minimum Gasteiger partial charge on any atom is -0.382 e. The Bertz CT molecular complexity index is 591. The molecule has 2 aromatic rings. The van der Waals surface area contributed by atoms with Gasteiger partial charge >= 0.3 is 0 Å². The van der Waals surface area contributed by atoms with Crippen molar-refractivity contribution < 1.29 is 4.74 Å². The van der Waals surface area contributed by atoms with E-state index in [1.807, 2.05) is 0 Å². The zero-order valence-corrected chi connectivity index (χ0v) is 12.5. The van der Waals surface area contributed by atoms with E-state index in [9.17, 15) is 0 Å². The van der Waals surface area contributed by atoms with Crippen LogP contribution in [0.5, 0.6) is 0 Å². The highest BCUT2D eigenvalue weighted by atomic mass is 32.1. The second-order valence-electron chi connectivity index (χ2n) is 5.86. The third kappa shape index (κ3) is 2.90. The number of hydrogen-bond donors (Lipinski definition) is 1. The molecule has 4 heteroatoms. The fourth-order valence-corrected chi connectivity index (χ4v) is 3.59. The summed E-state index contributed by atoms with van der Waals surface area (Å²) >= 11 is 1.75. The Balaban J connectivity index is 1.77. The lowest BCUT2D eigenvalue weighted by Crippen LogP contribution is -2.40. The molecule has 2 heterocycles. The molecule has 1 aromatic heterocycles. The van der Waals surface area contributed by atoms with Crippen LogP contribution in [0, 0.1) is 6.92 Å². The summed E-state index contributed by atoms with van der Waals surface area (Å²) in [5.41, 5.74) is 2.28. The summed E-state index contributed by atoms with van der Waals surface area (Å²) in [6.45, 7) is 7.22. The van der Waals surface area contributed by atoms with Crippen LogP contribution in [0.3, 0.4) is 0 Å². The van der Waals surface area contributed by atoms with Crippen molar-refractivity contribution in [2.75, 3.05) is 11.9 Å². The maximum atomic E-state index is 5.76. The summed E-state index contributed by atoms with van der Waals surface area (Å²) in [6.07, 6.45) is 2.12. The van der Waals surface area contributed by atoms with Crippen LogP contribution in [0.15, 0.2) is 18.2 Å². The average molecular weight is 276 g/mol. The topological polar surface area (TPSA) is 34.2 Å². The summed E-state index contributed by atoms with van der Waals surface area (Å²) < 4.78 is 7.02. The summed E-state index contributed by atoms with van der Waals surface area (Å²) in [7, 11) is 0. The zero-order chi connectivity index (χ0) is 13.5. The first-order valence-electron chi connectivity index (χ1n) is 6.80. The highest BCUT2D eigenvalue weighted by Gasteiger charge is 2.28. The van der Waals surface area contributed by atoms with Gasteiger partial charge < -0.3 is 10.1 Å². The lowest BCUT2D eigenvalue weighted by Gasteiger charge is -2.36. The second-order valence-corrected chi connectivity index (χ2v) is 7.09. The van der Waals surface area contributed by atoms with Crippen molar-refractivity contribution in [1.82, 2.24) is 4.98 Å². The van der Waals surface area contributed by atoms with E-state index in [1.165, 1.54) is 10.4 Å². The summed E-state index contributed by atoms with van der Waals surface area (Å²) in [4.78, 5) is 4.49. The fourth-order valence-electron chi connectivity index (χ4n) is 2.72. The Labute approximate surface area is 118 Å². The van der Waals surface area contributed by atoms with E-state index in [2.05, 4.69) is 49.3 Å². The molecule has 0 saturated carbocycles. The lowest BCUT2D eigenvalue weighted by molar-refractivity contribution is -0.0553. The molecule has 1 atom stereocenters. The standard InChI is InChI=1S/C15H20N2OS/c1-10-16-13-5-4-11(8-14(13)19-10)17-12-6-7-18-15(2,3)9-12/h4-5,8,12,17H,6-7,9H2,1-3H3. The number of rotatable bonds is 2. The number of fused-ring (bicyclic) bond motifs is 1. The zero-order valence-electron chi connectivity index (χ0n) is 11.7. The molecule has 102 valence electrons. The van der Waals surface area contributed by atoms with Crippen LogP contribution in [-0.4, -0.2) is 23.2 Å². The Morgan fingerprint density at radius 1 is 1.42 bits per heavy atom. The molecule has 1 unspecified atom stereocenters. The Morgan fingerprint density at radius 3 is 3.05 bits per heavy atom. The summed E-state index contributed by atoms with van der Waals surface area (Å²) in [6, 6.07) is 6.94. The van der Waals surface area contributed by atoms with Crippen molar-refractivity contribution in [3.05, 3.63) is 23.2 Å². The van der Waals surface area contributed by atoms with Crippen molar-refractivity contribution in [1.29, 1.82) is 0 Å². The Kier molecular flexibility index (Phi) is 3.23. The molecule has 1 fully saturated rings. The number of benzene rings is 1. The largest absolute Gasteiger partial charge is 0.382 e. The molecule has 0 radical (unpaired) electrons. The van der Waals surface area contributed by atoms with E-state index in [0.29, 0.717) is 6.04 Å². The van der Waals surface area contributed by atoms with E-state index in [1.54, 1.807) is 11.3 Å². The molecule has 0 amide bonds. The third-order valence-corrected chi connectivity index (χ3v) is 4.50. The molecule has 1 N–H and O–H groups in total. The summed E-state index contributed by atoms with van der Waals surface area (Å²) in [5.74, 6) is 0. The number of anilines is 1. The summed E-state index contributed by atoms with van der Waals surface area (Å²) in [5, 5.41) is 4.76. The van der Waals surface area contributed by atoms with Crippen LogP contribution < -0.4 is 5.32 Å². The molecule has 3 nitrogen and oxygen atoms in total. The van der Waals surface area contributed by atoms with Gasteiger partial charge in [-0.15, -0.1) is 11.3 Å². The maximum Gasteiger partial charge on any atom is 0.0907 e. The maximum absolute atomic E-state index is 5.76. The third-order valence-electron chi connectivity index (χ3n) is 3.56. The van der Waals surface area contributed by atoms with Gasteiger partial charge in [-0.2, -0.15) is 0 Å². The first-order valence-corrected chi connectivity index (χ1v) is 7.61. The molecule has 3 rings (SSSR count). The number of aryl methyl sites for hydroxylation is 1. The van der Waals surface area contributed by atoms with Gasteiger partial charge in [0.15, 0.2) is 0 Å². The highest BCUT2D eigenvalue weighted by molar-refractivity contribution is 7.18. The van der Waals surface area contributed by atoms with E-state index in [0.717, 1.165) is 30.0 Å². The molecule has 1 saturated heterocycles. The van der Waals surface area contributed by atoms with Crippen LogP contribution in [0.4, 0.5) is 5.69 Å². The van der Waals surface area contributed by atoms with Crippen LogP contribution in [-0.2, 0) is 4.74 Å². The molecule has 0 spiro atoms. The minimum atomic E-state index is -0.0128. The van der Waals surface area contributed by atoms with Gasteiger partial charge in [0.1, 0.15) is 0 Å². The average Bonchev–Trinajstić information content (AvgIpc) is 2.67. The van der Waals surface area contributed by atoms with Crippen LogP contribution in [0.1, 0.15) is 31.7 Å². The molecule has 1 aromatic carbocycles. The second kappa shape index (κ2) is 4.76. The van der Waals surface area contributed by atoms with Gasteiger partial charge in [-0.05, 0) is 51.8 Å². The molecular weight excluding hydrogens is 256 g/mol. The number of aromatic nitrogens is 1. The Hall–Kier alpha value is -1.13. The van der Waals surface area contributed by atoms with Gasteiger partial charge in [-0.3, -0.25) is 0 Å². The van der Waals surface area contributed by atoms with Crippen molar-refractivity contribution in [2.45, 2.75) is 45.3 Å². The number of nitrogens with zero attached hydrogens (tertiary/aromatic N) is 1. The van der Waals surface area contributed by atoms with Gasteiger partial charge in [0.25, 0.3) is 0 Å². The molecule has 0 bridgehead atoms. The SMILES string of the molecule is Cc1nc2ccc(NC3CCOC(C)(C)C3)cc2s1. The van der Waals surface area contributed by atoms with Gasteiger partial charge in [-0.25, -0.2) is 4.98 Å². The van der Waals surface area contributed by atoms with E-state index in [-0.39, 0.29) is 5.60 Å². The van der Waals surface area contributed by atoms with Gasteiger partial charge in [-0.1, -0.05) is 0 Å². The van der Waals surface area contributed by atoms with Gasteiger partial charge in [0.2, 0.25) is 0 Å². The Morgan fingerprint density at radius 2 is 2.26 bits per heavy atom. The molecule has 0 aliphatic carbocycles. The first-order chi connectivity index (χ1) is 9.02. The van der Waals surface area contributed by atoms with Crippen molar-refractivity contribution >= 4 is 27.2 Å². The highest BCUT2D eigenvalue weighted by Crippen LogP contribution is 2.29. The quantitative estimate of drug-likeness (QED) is 0.901.